The molecule has 1 aromatic carbocycles. The first-order valence-electron chi connectivity index (χ1n) is 7.07. The summed E-state index contributed by atoms with van der Waals surface area (Å²) in [6.45, 7) is 6.64. The fourth-order valence-electron chi connectivity index (χ4n) is 4.28. The normalized spacial score (nSPS) is 36.2. The van der Waals surface area contributed by atoms with Crippen molar-refractivity contribution in [3.8, 4) is 0 Å². The summed E-state index contributed by atoms with van der Waals surface area (Å²) < 4.78 is 0. The van der Waals surface area contributed by atoms with Gasteiger partial charge in [0.15, 0.2) is 0 Å². The van der Waals surface area contributed by atoms with Crippen LogP contribution < -0.4 is 5.32 Å². The molecule has 1 aromatic rings. The average molecular weight is 391 g/mol. The summed E-state index contributed by atoms with van der Waals surface area (Å²) in [4.78, 5) is 13.2. The maximum absolute atomic E-state index is 13.0. The second-order valence-electron chi connectivity index (χ2n) is 6.95. The summed E-state index contributed by atoms with van der Waals surface area (Å²) in [6, 6.07) is 5.11. The van der Waals surface area contributed by atoms with E-state index in [4.69, 9.17) is 23.2 Å². The van der Waals surface area contributed by atoms with E-state index in [1.54, 1.807) is 18.2 Å². The summed E-state index contributed by atoms with van der Waals surface area (Å²) in [5.74, 6) is 0.0357. The Morgan fingerprint density at radius 2 is 1.95 bits per heavy atom. The molecule has 114 valence electrons. The Balaban J connectivity index is 1.92. The molecule has 0 aliphatic heterocycles. The molecule has 2 bridgehead atoms. The number of fused-ring (bicyclic) bond motifs is 1. The molecule has 0 radical (unpaired) electrons. The number of rotatable bonds is 2. The molecular weight excluding hydrogens is 373 g/mol. The van der Waals surface area contributed by atoms with Crippen LogP contribution in [0.15, 0.2) is 18.2 Å². The van der Waals surface area contributed by atoms with Crippen molar-refractivity contribution < 1.29 is 4.79 Å². The SMILES string of the molecule is CC1(C)[C@]2(C)CC[C@@]1(C(=O)Nc1cc(Cl)ccc1Cl)[C@H]2Br. The molecule has 3 aliphatic rings. The molecule has 3 atom stereocenters. The van der Waals surface area contributed by atoms with E-state index < -0.39 is 0 Å². The van der Waals surface area contributed by atoms with Crippen LogP contribution in [-0.4, -0.2) is 10.7 Å². The van der Waals surface area contributed by atoms with Crippen molar-refractivity contribution in [2.24, 2.45) is 16.2 Å². The number of benzene rings is 1. The van der Waals surface area contributed by atoms with Gasteiger partial charge < -0.3 is 5.32 Å². The number of hydrogen-bond donors (Lipinski definition) is 1. The molecule has 2 nitrogen and oxygen atoms in total. The van der Waals surface area contributed by atoms with Gasteiger partial charge >= 0.3 is 0 Å². The van der Waals surface area contributed by atoms with Crippen molar-refractivity contribution >= 4 is 50.7 Å². The fraction of sp³-hybridized carbons (Fsp3) is 0.562. The Morgan fingerprint density at radius 3 is 2.48 bits per heavy atom. The second kappa shape index (κ2) is 4.62. The zero-order valence-electron chi connectivity index (χ0n) is 12.3. The average Bonchev–Trinajstić information content (AvgIpc) is 2.82. The monoisotopic (exact) mass is 389 g/mol. The number of amides is 1. The van der Waals surface area contributed by atoms with Gasteiger partial charge in [-0.1, -0.05) is 59.9 Å². The maximum atomic E-state index is 13.0. The largest absolute Gasteiger partial charge is 0.324 e. The van der Waals surface area contributed by atoms with Crippen molar-refractivity contribution in [2.45, 2.75) is 38.4 Å². The molecule has 5 heteroatoms. The topological polar surface area (TPSA) is 29.1 Å². The third-order valence-electron chi connectivity index (χ3n) is 6.16. The molecule has 3 aliphatic carbocycles. The molecule has 3 fully saturated rings. The van der Waals surface area contributed by atoms with Gasteiger partial charge in [0, 0.05) is 9.85 Å². The standard InChI is InChI=1S/C16H18BrCl2NO/c1-14(2)15(3)6-7-16(14,12(15)17)13(21)20-11-8-9(18)4-5-10(11)19/h4-5,8,12H,6-7H2,1-3H3,(H,20,21)/t12-,15+,16-/m0/s1. The van der Waals surface area contributed by atoms with Crippen molar-refractivity contribution in [1.82, 2.24) is 0 Å². The number of hydrogen-bond acceptors (Lipinski definition) is 1. The van der Waals surface area contributed by atoms with Gasteiger partial charge in [-0.05, 0) is 41.9 Å². The Bertz CT molecular complexity index is 633. The van der Waals surface area contributed by atoms with Crippen LogP contribution in [0.4, 0.5) is 5.69 Å². The Morgan fingerprint density at radius 1 is 1.29 bits per heavy atom. The van der Waals surface area contributed by atoms with Crippen LogP contribution >= 0.6 is 39.1 Å². The van der Waals surface area contributed by atoms with Crippen molar-refractivity contribution in [2.75, 3.05) is 5.32 Å². The molecule has 21 heavy (non-hydrogen) atoms. The highest BCUT2D eigenvalue weighted by atomic mass is 79.9. The number of carbonyl (C=O) groups is 1. The van der Waals surface area contributed by atoms with Crippen LogP contribution in [0.3, 0.4) is 0 Å². The molecule has 0 unspecified atom stereocenters. The molecule has 0 spiro atoms. The number of anilines is 1. The zero-order valence-corrected chi connectivity index (χ0v) is 15.4. The van der Waals surface area contributed by atoms with Crippen LogP contribution in [0.5, 0.6) is 0 Å². The van der Waals surface area contributed by atoms with Crippen LogP contribution in [-0.2, 0) is 4.79 Å². The van der Waals surface area contributed by atoms with E-state index >= 15 is 0 Å². The molecule has 0 aromatic heterocycles. The highest BCUT2D eigenvalue weighted by Gasteiger charge is 2.80. The first-order valence-corrected chi connectivity index (χ1v) is 8.74. The predicted molar refractivity (Wildman–Crippen MR) is 91.4 cm³/mol. The van der Waals surface area contributed by atoms with E-state index in [1.807, 2.05) is 0 Å². The lowest BCUT2D eigenvalue weighted by atomic mass is 9.43. The van der Waals surface area contributed by atoms with Gasteiger partial charge in [-0.25, -0.2) is 0 Å². The lowest BCUT2D eigenvalue weighted by molar-refractivity contribution is -0.155. The van der Waals surface area contributed by atoms with Gasteiger partial charge in [-0.15, -0.1) is 0 Å². The lowest BCUT2D eigenvalue weighted by Crippen LogP contribution is -2.68. The van der Waals surface area contributed by atoms with E-state index in [2.05, 4.69) is 42.0 Å². The quantitative estimate of drug-likeness (QED) is 0.661. The first kappa shape index (κ1) is 15.6. The number of alkyl halides is 1. The molecule has 0 saturated heterocycles. The van der Waals surface area contributed by atoms with Crippen molar-refractivity contribution in [3.63, 3.8) is 0 Å². The van der Waals surface area contributed by atoms with Crippen LogP contribution in [0.1, 0.15) is 33.6 Å². The molecule has 0 heterocycles. The van der Waals surface area contributed by atoms with Gasteiger partial charge in [-0.3, -0.25) is 4.79 Å². The zero-order chi connectivity index (χ0) is 15.6. The van der Waals surface area contributed by atoms with Gasteiger partial charge in [0.2, 0.25) is 5.91 Å². The first-order chi connectivity index (χ1) is 9.67. The minimum absolute atomic E-state index is 0.0357. The highest BCUT2D eigenvalue weighted by Crippen LogP contribution is 2.79. The summed E-state index contributed by atoms with van der Waals surface area (Å²) in [5.41, 5.74) is 0.332. The van der Waals surface area contributed by atoms with Crippen molar-refractivity contribution in [1.29, 1.82) is 0 Å². The Hall–Kier alpha value is -0.250. The summed E-state index contributed by atoms with van der Waals surface area (Å²) in [5, 5.41) is 4.06. The summed E-state index contributed by atoms with van der Waals surface area (Å²) in [7, 11) is 0. The predicted octanol–water partition coefficient (Wildman–Crippen LogP) is 5.52. The second-order valence-corrected chi connectivity index (χ2v) is 8.71. The van der Waals surface area contributed by atoms with E-state index in [0.717, 1.165) is 12.8 Å². The molecule has 3 saturated carbocycles. The number of carbonyl (C=O) groups excluding carboxylic acids is 1. The van der Waals surface area contributed by atoms with Gasteiger partial charge in [0.25, 0.3) is 0 Å². The van der Waals surface area contributed by atoms with E-state index in [0.29, 0.717) is 15.7 Å². The Labute approximate surface area is 143 Å². The molecular formula is C16H18BrCl2NO. The third-order valence-corrected chi connectivity index (χ3v) is 8.51. The molecule has 1 N–H and O–H groups in total. The smallest absolute Gasteiger partial charge is 0.232 e. The lowest BCUT2D eigenvalue weighted by Gasteiger charge is -2.64. The van der Waals surface area contributed by atoms with E-state index in [-0.39, 0.29) is 27.0 Å². The summed E-state index contributed by atoms with van der Waals surface area (Å²) in [6.07, 6.45) is 1.96. The van der Waals surface area contributed by atoms with Crippen LogP contribution in [0.2, 0.25) is 10.0 Å². The van der Waals surface area contributed by atoms with Crippen LogP contribution in [0.25, 0.3) is 0 Å². The Kier molecular flexibility index (Phi) is 3.44. The highest BCUT2D eigenvalue weighted by molar-refractivity contribution is 9.09. The molecule has 1 amide bonds. The van der Waals surface area contributed by atoms with Gasteiger partial charge in [0.1, 0.15) is 0 Å². The number of nitrogens with one attached hydrogen (secondary N) is 1. The van der Waals surface area contributed by atoms with E-state index in [1.165, 1.54) is 0 Å². The molecule has 4 rings (SSSR count). The van der Waals surface area contributed by atoms with Gasteiger partial charge in [0.05, 0.1) is 16.1 Å². The van der Waals surface area contributed by atoms with E-state index in [9.17, 15) is 4.79 Å². The van der Waals surface area contributed by atoms with Crippen LogP contribution in [0, 0.1) is 16.2 Å². The maximum Gasteiger partial charge on any atom is 0.232 e. The fourth-order valence-corrected chi connectivity index (χ4v) is 6.43. The van der Waals surface area contributed by atoms with Crippen molar-refractivity contribution in [3.05, 3.63) is 28.2 Å². The van der Waals surface area contributed by atoms with Gasteiger partial charge in [-0.2, -0.15) is 0 Å². The minimum atomic E-state index is -0.382. The third kappa shape index (κ3) is 1.74. The number of halogens is 3. The summed E-state index contributed by atoms with van der Waals surface area (Å²) >= 11 is 15.9. The minimum Gasteiger partial charge on any atom is -0.324 e.